The van der Waals surface area contributed by atoms with Gasteiger partial charge in [-0.1, -0.05) is 154 Å². The van der Waals surface area contributed by atoms with Gasteiger partial charge in [-0.25, -0.2) is 0 Å². The molecule has 1 amide bonds. The van der Waals surface area contributed by atoms with Gasteiger partial charge in [0.15, 0.2) is 25.2 Å². The Morgan fingerprint density at radius 1 is 0.550 bits per heavy atom. The second kappa shape index (κ2) is 34.0. The Kier molecular flexibility index (Phi) is 30.9. The molecule has 0 radical (unpaired) electrons. The summed E-state index contributed by atoms with van der Waals surface area (Å²) in [5.41, 5.74) is 0. The summed E-state index contributed by atoms with van der Waals surface area (Å²) >= 11 is 0. The number of carbonyl (C=O) groups excluding carboxylic acids is 1. The normalized spacial score (nSPS) is 28.4. The van der Waals surface area contributed by atoms with E-state index < -0.39 is 73.9 Å². The van der Waals surface area contributed by atoms with E-state index in [1.165, 1.54) is 96.3 Å². The van der Waals surface area contributed by atoms with E-state index in [9.17, 15) is 45.6 Å². The maximum Gasteiger partial charge on any atom is 0.220 e. The monoisotopic (exact) mass is 860 g/mol. The number of rotatable bonds is 35. The molecule has 0 aromatic heterocycles. The number of aliphatic hydroxyl groups excluding tert-OH is 8. The van der Waals surface area contributed by atoms with Crippen molar-refractivity contribution in [3.8, 4) is 0 Å². The lowest BCUT2D eigenvalue weighted by atomic mass is 10.0. The molecule has 352 valence electrons. The van der Waals surface area contributed by atoms with Crippen molar-refractivity contribution in [3.05, 3.63) is 24.3 Å². The van der Waals surface area contributed by atoms with Crippen LogP contribution in [0, 0.1) is 0 Å². The first-order chi connectivity index (χ1) is 29.0. The number of aliphatic hydroxyl groups is 8. The van der Waals surface area contributed by atoms with E-state index in [4.69, 9.17) is 18.9 Å². The van der Waals surface area contributed by atoms with Crippen LogP contribution in [0.3, 0.4) is 0 Å². The number of hydrogen-bond acceptors (Lipinski definition) is 13. The molecule has 12 atom stereocenters. The third kappa shape index (κ3) is 22.7. The molecule has 60 heavy (non-hydrogen) atoms. The first kappa shape index (κ1) is 54.6. The SMILES string of the molecule is CCCCCCCCC=CCCCCCCCC(=O)NC(COC1OC(O)C(OC2OC(O)C(O)C(O)C2O)C(O)C1O)C(O)C=CCCCCCCCCCCCCC. The minimum atomic E-state index is -1.94. The second-order valence-corrected chi connectivity index (χ2v) is 16.9. The van der Waals surface area contributed by atoms with Gasteiger partial charge in [-0.15, -0.1) is 0 Å². The number of ether oxygens (including phenoxy) is 4. The van der Waals surface area contributed by atoms with Crippen LogP contribution < -0.4 is 5.32 Å². The number of carbonyl (C=O) groups is 1. The van der Waals surface area contributed by atoms with Crippen molar-refractivity contribution in [2.24, 2.45) is 0 Å². The van der Waals surface area contributed by atoms with E-state index in [1.807, 2.05) is 6.08 Å². The highest BCUT2D eigenvalue weighted by molar-refractivity contribution is 5.76. The van der Waals surface area contributed by atoms with Crippen LogP contribution in [0.2, 0.25) is 0 Å². The molecular weight excluding hydrogens is 774 g/mol. The molecule has 2 saturated heterocycles. The van der Waals surface area contributed by atoms with E-state index in [0.29, 0.717) is 6.42 Å². The van der Waals surface area contributed by atoms with Gasteiger partial charge < -0.3 is 65.1 Å². The van der Waals surface area contributed by atoms with Crippen LogP contribution in [0.4, 0.5) is 0 Å². The molecule has 0 spiro atoms. The molecule has 14 heteroatoms. The minimum absolute atomic E-state index is 0.262. The molecular formula is C46H85NO13. The standard InChI is InChI=1S/C46H85NO13/c1-3-5-7-9-11-13-15-17-18-20-22-24-26-28-30-32-36(49)47-34(35(48)31-29-27-25-23-21-19-16-14-12-10-8-6-4-2)33-57-45-41(54)38(51)42(44(56)60-45)58-46-40(53)37(50)39(52)43(55)59-46/h17-18,29,31,34-35,37-46,48,50-56H,3-16,19-28,30,32-33H2,1-2H3,(H,47,49). The lowest BCUT2D eigenvalue weighted by molar-refractivity contribution is -0.396. The van der Waals surface area contributed by atoms with Gasteiger partial charge in [-0.3, -0.25) is 4.79 Å². The zero-order valence-electron chi connectivity index (χ0n) is 36.9. The van der Waals surface area contributed by atoms with Crippen molar-refractivity contribution in [1.82, 2.24) is 5.32 Å². The Balaban J connectivity index is 1.83. The summed E-state index contributed by atoms with van der Waals surface area (Å²) in [4.78, 5) is 13.1. The number of nitrogens with one attached hydrogen (secondary N) is 1. The lowest BCUT2D eigenvalue weighted by Crippen LogP contribution is -2.64. The third-order valence-corrected chi connectivity index (χ3v) is 11.5. The molecule has 2 heterocycles. The molecule has 12 unspecified atom stereocenters. The first-order valence-corrected chi connectivity index (χ1v) is 23.6. The topological polar surface area (TPSA) is 228 Å². The van der Waals surface area contributed by atoms with Crippen LogP contribution in [-0.2, 0) is 23.7 Å². The number of unbranched alkanes of at least 4 members (excludes halogenated alkanes) is 22. The molecule has 2 aliphatic heterocycles. The predicted molar refractivity (Wildman–Crippen MR) is 230 cm³/mol. The Labute approximate surface area is 360 Å². The molecule has 0 aliphatic carbocycles. The van der Waals surface area contributed by atoms with Gasteiger partial charge >= 0.3 is 0 Å². The summed E-state index contributed by atoms with van der Waals surface area (Å²) in [6.45, 7) is 4.13. The fraction of sp³-hybridized carbons (Fsp3) is 0.891. The zero-order valence-corrected chi connectivity index (χ0v) is 36.9. The maximum absolute atomic E-state index is 13.1. The van der Waals surface area contributed by atoms with Crippen molar-refractivity contribution in [2.75, 3.05) is 6.61 Å². The molecule has 0 aromatic carbocycles. The maximum atomic E-state index is 13.1. The number of hydrogen-bond donors (Lipinski definition) is 9. The summed E-state index contributed by atoms with van der Waals surface area (Å²) < 4.78 is 21.4. The zero-order chi connectivity index (χ0) is 44.0. The van der Waals surface area contributed by atoms with Gasteiger partial charge in [0.1, 0.15) is 36.6 Å². The van der Waals surface area contributed by atoms with E-state index in [2.05, 4.69) is 31.3 Å². The lowest BCUT2D eigenvalue weighted by Gasteiger charge is -2.44. The second-order valence-electron chi connectivity index (χ2n) is 16.9. The van der Waals surface area contributed by atoms with E-state index in [1.54, 1.807) is 6.08 Å². The fourth-order valence-corrected chi connectivity index (χ4v) is 7.56. The van der Waals surface area contributed by atoms with E-state index >= 15 is 0 Å². The molecule has 0 bridgehead atoms. The van der Waals surface area contributed by atoms with Gasteiger partial charge in [0, 0.05) is 6.42 Å². The molecule has 2 fully saturated rings. The average molecular weight is 860 g/mol. The smallest absolute Gasteiger partial charge is 0.220 e. The summed E-state index contributed by atoms with van der Waals surface area (Å²) in [5, 5.41) is 86.0. The van der Waals surface area contributed by atoms with Crippen LogP contribution in [0.15, 0.2) is 24.3 Å². The highest BCUT2D eigenvalue weighted by atomic mass is 16.8. The molecule has 2 rings (SSSR count). The molecule has 0 aromatic rings. The average Bonchev–Trinajstić information content (AvgIpc) is 3.23. The number of amides is 1. The van der Waals surface area contributed by atoms with Crippen molar-refractivity contribution in [1.29, 1.82) is 0 Å². The summed E-state index contributed by atoms with van der Waals surface area (Å²) in [7, 11) is 0. The van der Waals surface area contributed by atoms with Gasteiger partial charge in [-0.2, -0.15) is 0 Å². The number of allylic oxidation sites excluding steroid dienone is 3. The highest BCUT2D eigenvalue weighted by Gasteiger charge is 2.50. The third-order valence-electron chi connectivity index (χ3n) is 11.5. The summed E-state index contributed by atoms with van der Waals surface area (Å²) in [6.07, 6.45) is 18.2. The quantitative estimate of drug-likeness (QED) is 0.0276. The molecule has 9 N–H and O–H groups in total. The van der Waals surface area contributed by atoms with Gasteiger partial charge in [0.05, 0.1) is 18.8 Å². The molecule has 2 aliphatic rings. The largest absolute Gasteiger partial charge is 0.387 e. The van der Waals surface area contributed by atoms with E-state index in [-0.39, 0.29) is 18.9 Å². The minimum Gasteiger partial charge on any atom is -0.387 e. The Hall–Kier alpha value is -1.53. The summed E-state index contributed by atoms with van der Waals surface area (Å²) in [6, 6.07) is -0.937. The van der Waals surface area contributed by atoms with Crippen LogP contribution in [0.25, 0.3) is 0 Å². The van der Waals surface area contributed by atoms with Gasteiger partial charge in [0.25, 0.3) is 0 Å². The van der Waals surface area contributed by atoms with Crippen molar-refractivity contribution in [2.45, 2.75) is 255 Å². The van der Waals surface area contributed by atoms with Crippen molar-refractivity contribution < 1.29 is 64.6 Å². The van der Waals surface area contributed by atoms with Gasteiger partial charge in [0.2, 0.25) is 5.91 Å². The molecule has 0 saturated carbocycles. The predicted octanol–water partition coefficient (Wildman–Crippen LogP) is 5.68. The van der Waals surface area contributed by atoms with Gasteiger partial charge in [-0.05, 0) is 44.9 Å². The van der Waals surface area contributed by atoms with Crippen LogP contribution >= 0.6 is 0 Å². The fourth-order valence-electron chi connectivity index (χ4n) is 7.56. The summed E-state index contributed by atoms with van der Waals surface area (Å²) in [5.74, 6) is -0.266. The van der Waals surface area contributed by atoms with Crippen LogP contribution in [-0.4, -0.2) is 127 Å². The van der Waals surface area contributed by atoms with E-state index in [0.717, 1.165) is 57.8 Å². The van der Waals surface area contributed by atoms with Crippen molar-refractivity contribution in [3.63, 3.8) is 0 Å². The van der Waals surface area contributed by atoms with Crippen LogP contribution in [0.5, 0.6) is 0 Å². The molecule has 14 nitrogen and oxygen atoms in total. The Morgan fingerprint density at radius 2 is 1.00 bits per heavy atom. The first-order valence-electron chi connectivity index (χ1n) is 23.6. The van der Waals surface area contributed by atoms with Crippen LogP contribution in [0.1, 0.15) is 181 Å². The Bertz CT molecular complexity index is 1110. The Morgan fingerprint density at radius 3 is 1.53 bits per heavy atom. The van der Waals surface area contributed by atoms with Crippen molar-refractivity contribution >= 4 is 5.91 Å². The highest BCUT2D eigenvalue weighted by Crippen LogP contribution is 2.28.